The minimum Gasteiger partial charge on any atom is -0.480 e. The van der Waals surface area contributed by atoms with Gasteiger partial charge >= 0.3 is 12.1 Å². The van der Waals surface area contributed by atoms with E-state index >= 15 is 0 Å². The number of carbonyl (C=O) groups is 2. The molecule has 1 heterocycles. The molecule has 1 aliphatic heterocycles. The average molecular weight is 295 g/mol. The van der Waals surface area contributed by atoms with E-state index in [2.05, 4.69) is 0 Å². The summed E-state index contributed by atoms with van der Waals surface area (Å²) in [6.45, 7) is 6.75. The van der Waals surface area contributed by atoms with Gasteiger partial charge in [-0.1, -0.05) is 0 Å². The number of carboxylic acids is 1. The number of aliphatic carboxylic acids is 1. The SMILES string of the molecule is Cc1cc(F)c2c(c1)N(C(=O)OC(C)(C)C)C(C(=O)O)C2. The molecular formula is C15H18FNO4. The zero-order valence-electron chi connectivity index (χ0n) is 12.4. The molecule has 1 N–H and O–H groups in total. The maximum absolute atomic E-state index is 14.0. The first kappa shape index (κ1) is 15.3. The van der Waals surface area contributed by atoms with Crippen molar-refractivity contribution >= 4 is 17.7 Å². The predicted octanol–water partition coefficient (Wildman–Crippen LogP) is 2.88. The van der Waals surface area contributed by atoms with Crippen LogP contribution in [0.15, 0.2) is 12.1 Å². The van der Waals surface area contributed by atoms with Gasteiger partial charge in [-0.2, -0.15) is 0 Å². The first-order valence-electron chi connectivity index (χ1n) is 6.64. The van der Waals surface area contributed by atoms with Crippen molar-refractivity contribution in [3.8, 4) is 0 Å². The molecule has 1 aromatic rings. The molecule has 0 aliphatic carbocycles. The highest BCUT2D eigenvalue weighted by Gasteiger charge is 2.42. The third-order valence-electron chi connectivity index (χ3n) is 3.16. The minimum absolute atomic E-state index is 0.0595. The number of ether oxygens (including phenoxy) is 1. The van der Waals surface area contributed by atoms with Crippen molar-refractivity contribution < 1.29 is 23.8 Å². The number of rotatable bonds is 1. The van der Waals surface area contributed by atoms with Crippen LogP contribution in [0.2, 0.25) is 0 Å². The van der Waals surface area contributed by atoms with Crippen LogP contribution in [0.4, 0.5) is 14.9 Å². The molecular weight excluding hydrogens is 277 g/mol. The van der Waals surface area contributed by atoms with Gasteiger partial charge in [0.15, 0.2) is 0 Å². The molecule has 0 saturated heterocycles. The third-order valence-corrected chi connectivity index (χ3v) is 3.16. The smallest absolute Gasteiger partial charge is 0.415 e. The van der Waals surface area contributed by atoms with Crippen LogP contribution in [0, 0.1) is 12.7 Å². The molecule has 6 heteroatoms. The molecule has 0 radical (unpaired) electrons. The maximum Gasteiger partial charge on any atom is 0.415 e. The summed E-state index contributed by atoms with van der Waals surface area (Å²) in [5.74, 6) is -1.68. The molecule has 5 nitrogen and oxygen atoms in total. The summed E-state index contributed by atoms with van der Waals surface area (Å²) >= 11 is 0. The van der Waals surface area contributed by atoms with E-state index in [9.17, 15) is 19.1 Å². The van der Waals surface area contributed by atoms with Crippen LogP contribution in [0.25, 0.3) is 0 Å². The summed E-state index contributed by atoms with van der Waals surface area (Å²) in [7, 11) is 0. The number of nitrogens with zero attached hydrogens (tertiary/aromatic N) is 1. The normalized spacial score (nSPS) is 17.6. The van der Waals surface area contributed by atoms with Gasteiger partial charge in [0.25, 0.3) is 0 Å². The monoisotopic (exact) mass is 295 g/mol. The predicted molar refractivity (Wildman–Crippen MR) is 75.0 cm³/mol. The molecule has 2 rings (SSSR count). The highest BCUT2D eigenvalue weighted by molar-refractivity contribution is 5.98. The standard InChI is InChI=1S/C15H18FNO4/c1-8-5-10(16)9-7-12(13(18)19)17(11(9)6-8)14(20)21-15(2,3)4/h5-6,12H,7H2,1-4H3,(H,18,19). The van der Waals surface area contributed by atoms with E-state index in [0.29, 0.717) is 5.56 Å². The summed E-state index contributed by atoms with van der Waals surface area (Å²) < 4.78 is 19.2. The van der Waals surface area contributed by atoms with E-state index in [4.69, 9.17) is 4.74 Å². The summed E-state index contributed by atoms with van der Waals surface area (Å²) in [6.07, 6.45) is -0.839. The molecule has 0 aromatic heterocycles. The first-order valence-corrected chi connectivity index (χ1v) is 6.64. The minimum atomic E-state index is -1.19. The van der Waals surface area contributed by atoms with Gasteiger partial charge in [0.1, 0.15) is 17.5 Å². The Labute approximate surface area is 122 Å². The van der Waals surface area contributed by atoms with E-state index in [0.717, 1.165) is 4.90 Å². The number of anilines is 1. The van der Waals surface area contributed by atoms with Crippen LogP contribution in [0.5, 0.6) is 0 Å². The molecule has 21 heavy (non-hydrogen) atoms. The van der Waals surface area contributed by atoms with E-state index in [-0.39, 0.29) is 17.7 Å². The second-order valence-electron chi connectivity index (χ2n) is 6.15. The van der Waals surface area contributed by atoms with Crippen molar-refractivity contribution in [2.75, 3.05) is 4.90 Å². The number of carbonyl (C=O) groups excluding carboxylic acids is 1. The Morgan fingerprint density at radius 1 is 1.38 bits per heavy atom. The largest absolute Gasteiger partial charge is 0.480 e. The van der Waals surface area contributed by atoms with E-state index < -0.39 is 29.5 Å². The lowest BCUT2D eigenvalue weighted by molar-refractivity contribution is -0.138. The van der Waals surface area contributed by atoms with Crippen LogP contribution in [-0.4, -0.2) is 28.8 Å². The highest BCUT2D eigenvalue weighted by Crippen LogP contribution is 2.36. The number of benzene rings is 1. The number of carboxylic acid groups (broad SMARTS) is 1. The zero-order chi connectivity index (χ0) is 15.9. The van der Waals surface area contributed by atoms with Crippen LogP contribution >= 0.6 is 0 Å². The summed E-state index contributed by atoms with van der Waals surface area (Å²) in [4.78, 5) is 24.7. The number of aryl methyl sites for hydroxylation is 1. The van der Waals surface area contributed by atoms with Gasteiger partial charge in [-0.05, 0) is 45.4 Å². The summed E-state index contributed by atoms with van der Waals surface area (Å²) in [6, 6.07) is 1.79. The fraction of sp³-hybridized carbons (Fsp3) is 0.467. The van der Waals surface area contributed by atoms with Crippen molar-refractivity contribution in [2.24, 2.45) is 0 Å². The molecule has 0 saturated carbocycles. The molecule has 1 aromatic carbocycles. The highest BCUT2D eigenvalue weighted by atomic mass is 19.1. The zero-order valence-corrected chi connectivity index (χ0v) is 12.4. The van der Waals surface area contributed by atoms with E-state index in [1.807, 2.05) is 0 Å². The average Bonchev–Trinajstić information content (AvgIpc) is 2.66. The molecule has 1 unspecified atom stereocenters. The van der Waals surface area contributed by atoms with Gasteiger partial charge in [-0.15, -0.1) is 0 Å². The fourth-order valence-corrected chi connectivity index (χ4v) is 2.36. The van der Waals surface area contributed by atoms with E-state index in [1.165, 1.54) is 6.07 Å². The molecule has 1 amide bonds. The Kier molecular flexibility index (Phi) is 3.65. The topological polar surface area (TPSA) is 66.8 Å². The van der Waals surface area contributed by atoms with Crippen LogP contribution < -0.4 is 4.90 Å². The van der Waals surface area contributed by atoms with Crippen molar-refractivity contribution in [3.05, 3.63) is 29.1 Å². The number of hydrogen-bond donors (Lipinski definition) is 1. The maximum atomic E-state index is 14.0. The lowest BCUT2D eigenvalue weighted by Gasteiger charge is -2.27. The molecule has 0 spiro atoms. The Balaban J connectivity index is 2.47. The van der Waals surface area contributed by atoms with Gasteiger partial charge in [-0.3, -0.25) is 4.90 Å². The van der Waals surface area contributed by atoms with Gasteiger partial charge in [0.2, 0.25) is 0 Å². The molecule has 1 atom stereocenters. The lowest BCUT2D eigenvalue weighted by Crippen LogP contribution is -2.45. The van der Waals surface area contributed by atoms with Gasteiger partial charge in [-0.25, -0.2) is 14.0 Å². The van der Waals surface area contributed by atoms with Crippen molar-refractivity contribution in [1.82, 2.24) is 0 Å². The molecule has 114 valence electrons. The Hall–Kier alpha value is -2.11. The second-order valence-corrected chi connectivity index (χ2v) is 6.15. The Morgan fingerprint density at radius 2 is 2.00 bits per heavy atom. The van der Waals surface area contributed by atoms with Crippen LogP contribution in [0.3, 0.4) is 0 Å². The molecule has 0 fully saturated rings. The number of amides is 1. The third kappa shape index (κ3) is 2.99. The van der Waals surface area contributed by atoms with Gasteiger partial charge < -0.3 is 9.84 Å². The summed E-state index contributed by atoms with van der Waals surface area (Å²) in [5.41, 5.74) is 0.365. The quantitative estimate of drug-likeness (QED) is 0.865. The number of fused-ring (bicyclic) bond motifs is 1. The van der Waals surface area contributed by atoms with E-state index in [1.54, 1.807) is 33.8 Å². The lowest BCUT2D eigenvalue weighted by atomic mass is 10.1. The van der Waals surface area contributed by atoms with Crippen LogP contribution in [0.1, 0.15) is 31.9 Å². The summed E-state index contributed by atoms with van der Waals surface area (Å²) in [5, 5.41) is 9.29. The van der Waals surface area contributed by atoms with Crippen molar-refractivity contribution in [2.45, 2.75) is 45.8 Å². The Bertz CT molecular complexity index is 606. The molecule has 0 bridgehead atoms. The number of halogens is 1. The Morgan fingerprint density at radius 3 is 2.52 bits per heavy atom. The number of hydrogen-bond acceptors (Lipinski definition) is 3. The first-order chi connectivity index (χ1) is 9.60. The second kappa shape index (κ2) is 5.02. The fourth-order valence-electron chi connectivity index (χ4n) is 2.36. The van der Waals surface area contributed by atoms with Crippen LogP contribution in [-0.2, 0) is 16.0 Å². The van der Waals surface area contributed by atoms with Gasteiger partial charge in [0, 0.05) is 12.0 Å². The van der Waals surface area contributed by atoms with Crippen molar-refractivity contribution in [3.63, 3.8) is 0 Å². The van der Waals surface area contributed by atoms with Gasteiger partial charge in [0.05, 0.1) is 5.69 Å². The molecule has 1 aliphatic rings. The van der Waals surface area contributed by atoms with Crippen molar-refractivity contribution in [1.29, 1.82) is 0 Å².